The van der Waals surface area contributed by atoms with E-state index in [1.165, 1.54) is 0 Å². The maximum absolute atomic E-state index is 6.82. The van der Waals surface area contributed by atoms with Crippen molar-refractivity contribution in [2.24, 2.45) is 16.0 Å². The van der Waals surface area contributed by atoms with Crippen LogP contribution < -0.4 is 5.73 Å². The zero-order valence-electron chi connectivity index (χ0n) is 7.17. The van der Waals surface area contributed by atoms with Crippen LogP contribution in [0.1, 0.15) is 5.56 Å². The quantitative estimate of drug-likeness (QED) is 0.458. The number of nitrogens with zero attached hydrogens (tertiary/aromatic N) is 2. The van der Waals surface area contributed by atoms with Gasteiger partial charge in [0.25, 0.3) is 0 Å². The molecule has 1 rings (SSSR count). The van der Waals surface area contributed by atoms with Gasteiger partial charge in [0.05, 0.1) is 6.54 Å². The van der Waals surface area contributed by atoms with Gasteiger partial charge < -0.3 is 5.73 Å². The van der Waals surface area contributed by atoms with Gasteiger partial charge in [-0.3, -0.25) is 5.41 Å². The molecule has 0 atom stereocenters. The molecule has 0 aliphatic heterocycles. The fourth-order valence-corrected chi connectivity index (χ4v) is 1.38. The van der Waals surface area contributed by atoms with Crippen molar-refractivity contribution in [3.8, 4) is 0 Å². The Kier molecular flexibility index (Phi) is 3.85. The standard InChI is InChI=1S/C8H8Cl2N4/c9-6-2-1-3-7(10)5(6)4-13-14-8(11)12/h1-3H,4H2,(H3,11,12). The Hall–Kier alpha value is -1.13. The van der Waals surface area contributed by atoms with E-state index in [-0.39, 0.29) is 12.5 Å². The summed E-state index contributed by atoms with van der Waals surface area (Å²) in [6.45, 7) is 0.220. The van der Waals surface area contributed by atoms with Gasteiger partial charge >= 0.3 is 0 Å². The summed E-state index contributed by atoms with van der Waals surface area (Å²) in [5, 5.41) is 14.9. The predicted octanol–water partition coefficient (Wildman–Crippen LogP) is 2.84. The summed E-state index contributed by atoms with van der Waals surface area (Å²) in [5.74, 6) is -0.340. The molecule has 0 bridgehead atoms. The Labute approximate surface area is 91.2 Å². The summed E-state index contributed by atoms with van der Waals surface area (Å²) in [6.07, 6.45) is 0. The fourth-order valence-electron chi connectivity index (χ4n) is 0.866. The SMILES string of the molecule is N=C(N)N=NCc1c(Cl)cccc1Cl. The zero-order valence-corrected chi connectivity index (χ0v) is 8.68. The van der Waals surface area contributed by atoms with Crippen molar-refractivity contribution in [3.63, 3.8) is 0 Å². The lowest BCUT2D eigenvalue weighted by Gasteiger charge is -2.01. The minimum atomic E-state index is -0.340. The van der Waals surface area contributed by atoms with Gasteiger partial charge in [-0.15, -0.1) is 5.11 Å². The van der Waals surface area contributed by atoms with Gasteiger partial charge in [-0.1, -0.05) is 29.3 Å². The first-order chi connectivity index (χ1) is 6.61. The Balaban J connectivity index is 2.81. The summed E-state index contributed by atoms with van der Waals surface area (Å²) >= 11 is 11.7. The Bertz CT molecular complexity index is 355. The molecule has 3 N–H and O–H groups in total. The van der Waals surface area contributed by atoms with Crippen molar-refractivity contribution in [2.75, 3.05) is 0 Å². The van der Waals surface area contributed by atoms with Crippen molar-refractivity contribution >= 4 is 29.2 Å². The summed E-state index contributed by atoms with van der Waals surface area (Å²) in [6, 6.07) is 5.17. The van der Waals surface area contributed by atoms with Gasteiger partial charge in [-0.05, 0) is 12.1 Å². The number of hydrogen-bond donors (Lipinski definition) is 2. The number of nitrogens with two attached hydrogens (primary N) is 1. The number of rotatable bonds is 2. The molecule has 0 fully saturated rings. The molecule has 0 radical (unpaired) electrons. The zero-order chi connectivity index (χ0) is 10.6. The lowest BCUT2D eigenvalue weighted by Crippen LogP contribution is -2.03. The molecule has 1 aromatic rings. The normalized spacial score (nSPS) is 10.7. The third kappa shape index (κ3) is 2.97. The number of halogens is 2. The van der Waals surface area contributed by atoms with Crippen molar-refractivity contribution in [1.29, 1.82) is 5.41 Å². The lowest BCUT2D eigenvalue weighted by atomic mass is 10.2. The molecule has 0 aliphatic rings. The van der Waals surface area contributed by atoms with Crippen LogP contribution in [0.2, 0.25) is 10.0 Å². The molecule has 4 nitrogen and oxygen atoms in total. The molecule has 14 heavy (non-hydrogen) atoms. The third-order valence-electron chi connectivity index (χ3n) is 1.47. The Morgan fingerprint density at radius 2 is 1.93 bits per heavy atom. The highest BCUT2D eigenvalue weighted by Crippen LogP contribution is 2.24. The van der Waals surface area contributed by atoms with Crippen molar-refractivity contribution in [3.05, 3.63) is 33.8 Å². The van der Waals surface area contributed by atoms with Crippen LogP contribution in [-0.2, 0) is 6.54 Å². The summed E-state index contributed by atoms with van der Waals surface area (Å²) in [5.41, 5.74) is 5.67. The molecule has 0 unspecified atom stereocenters. The molecule has 0 aliphatic carbocycles. The van der Waals surface area contributed by atoms with E-state index in [0.29, 0.717) is 15.6 Å². The maximum atomic E-state index is 6.82. The Morgan fingerprint density at radius 1 is 1.36 bits per heavy atom. The van der Waals surface area contributed by atoms with Gasteiger partial charge in [0.1, 0.15) is 0 Å². The van der Waals surface area contributed by atoms with Crippen molar-refractivity contribution in [2.45, 2.75) is 6.54 Å². The second-order valence-corrected chi connectivity index (χ2v) is 3.30. The second kappa shape index (κ2) is 4.93. The highest BCUT2D eigenvalue weighted by Gasteiger charge is 2.03. The molecule has 0 saturated carbocycles. The largest absolute Gasteiger partial charge is 0.367 e. The first kappa shape index (κ1) is 10.9. The number of guanidine groups is 1. The Morgan fingerprint density at radius 3 is 2.43 bits per heavy atom. The average molecular weight is 231 g/mol. The van der Waals surface area contributed by atoms with Crippen LogP contribution in [0.4, 0.5) is 0 Å². The molecule has 74 valence electrons. The van der Waals surface area contributed by atoms with Gasteiger partial charge in [0.2, 0.25) is 5.96 Å². The van der Waals surface area contributed by atoms with Gasteiger partial charge in [-0.25, -0.2) is 0 Å². The number of benzene rings is 1. The van der Waals surface area contributed by atoms with E-state index < -0.39 is 0 Å². The fraction of sp³-hybridized carbons (Fsp3) is 0.125. The summed E-state index contributed by atoms with van der Waals surface area (Å²) in [4.78, 5) is 0. The first-order valence-electron chi connectivity index (χ1n) is 3.75. The lowest BCUT2D eigenvalue weighted by molar-refractivity contribution is 0.964. The van der Waals surface area contributed by atoms with Crippen LogP contribution in [0, 0.1) is 5.41 Å². The van der Waals surface area contributed by atoms with E-state index in [1.807, 2.05) is 0 Å². The molecular weight excluding hydrogens is 223 g/mol. The minimum absolute atomic E-state index is 0.220. The molecule has 0 amide bonds. The average Bonchev–Trinajstić information content (AvgIpc) is 2.09. The molecule has 0 aromatic heterocycles. The highest BCUT2D eigenvalue weighted by atomic mass is 35.5. The topological polar surface area (TPSA) is 74.6 Å². The monoisotopic (exact) mass is 230 g/mol. The number of hydrogen-bond acceptors (Lipinski definition) is 2. The van der Waals surface area contributed by atoms with Crippen molar-refractivity contribution < 1.29 is 0 Å². The highest BCUT2D eigenvalue weighted by molar-refractivity contribution is 6.35. The van der Waals surface area contributed by atoms with Gasteiger partial charge in [-0.2, -0.15) is 5.11 Å². The van der Waals surface area contributed by atoms with E-state index in [0.717, 1.165) is 0 Å². The molecule has 0 spiro atoms. The van der Waals surface area contributed by atoms with E-state index in [2.05, 4.69) is 10.2 Å². The van der Waals surface area contributed by atoms with Crippen LogP contribution in [0.15, 0.2) is 28.4 Å². The summed E-state index contributed by atoms with van der Waals surface area (Å²) < 4.78 is 0. The smallest absolute Gasteiger partial charge is 0.232 e. The molecular formula is C8H8Cl2N4. The van der Waals surface area contributed by atoms with E-state index in [9.17, 15) is 0 Å². The van der Waals surface area contributed by atoms with Crippen LogP contribution in [0.25, 0.3) is 0 Å². The second-order valence-electron chi connectivity index (χ2n) is 2.48. The van der Waals surface area contributed by atoms with E-state index in [1.54, 1.807) is 18.2 Å². The molecule has 1 aromatic carbocycles. The van der Waals surface area contributed by atoms with Crippen LogP contribution in [0.3, 0.4) is 0 Å². The summed E-state index contributed by atoms with van der Waals surface area (Å²) in [7, 11) is 0. The predicted molar refractivity (Wildman–Crippen MR) is 56.9 cm³/mol. The third-order valence-corrected chi connectivity index (χ3v) is 2.18. The van der Waals surface area contributed by atoms with E-state index >= 15 is 0 Å². The van der Waals surface area contributed by atoms with E-state index in [4.69, 9.17) is 34.3 Å². The first-order valence-corrected chi connectivity index (χ1v) is 4.51. The molecule has 0 saturated heterocycles. The van der Waals surface area contributed by atoms with Crippen molar-refractivity contribution in [1.82, 2.24) is 0 Å². The van der Waals surface area contributed by atoms with Crippen LogP contribution in [-0.4, -0.2) is 5.96 Å². The number of azo groups is 1. The number of nitrogens with one attached hydrogen (secondary N) is 1. The van der Waals surface area contributed by atoms with Crippen LogP contribution >= 0.6 is 23.2 Å². The van der Waals surface area contributed by atoms with Crippen LogP contribution in [0.5, 0.6) is 0 Å². The maximum Gasteiger partial charge on any atom is 0.232 e. The molecule has 0 heterocycles. The minimum Gasteiger partial charge on any atom is -0.367 e. The van der Waals surface area contributed by atoms with Gasteiger partial charge in [0.15, 0.2) is 0 Å². The molecule has 6 heteroatoms. The van der Waals surface area contributed by atoms with Gasteiger partial charge in [0, 0.05) is 15.6 Å².